The van der Waals surface area contributed by atoms with Gasteiger partial charge in [-0.25, -0.2) is 18.2 Å². The van der Waals surface area contributed by atoms with Crippen molar-refractivity contribution in [2.45, 2.75) is 20.3 Å². The van der Waals surface area contributed by atoms with Gasteiger partial charge in [0, 0.05) is 28.2 Å². The largest absolute Gasteiger partial charge is 0.481 e. The Morgan fingerprint density at radius 3 is 2.59 bits per heavy atom. The summed E-state index contributed by atoms with van der Waals surface area (Å²) in [5.74, 6) is -4.49. The maximum atomic E-state index is 14.1. The van der Waals surface area contributed by atoms with Crippen molar-refractivity contribution in [1.29, 1.82) is 0 Å². The fraction of sp³-hybridized carbons (Fsp3) is 0.158. The molecule has 4 rings (SSSR count). The predicted octanol–water partition coefficient (Wildman–Crippen LogP) is 5.11. The minimum absolute atomic E-state index is 0.107. The quantitative estimate of drug-likeness (QED) is 0.478. The monoisotopic (exact) mass is 390 g/mol. The fourth-order valence-corrected chi connectivity index (χ4v) is 4.32. The first-order valence-corrected chi connectivity index (χ1v) is 8.86. The number of aryl methyl sites for hydroxylation is 2. The lowest BCUT2D eigenvalue weighted by molar-refractivity contribution is -0.136. The van der Waals surface area contributed by atoms with Gasteiger partial charge in [0.25, 0.3) is 0 Å². The molecule has 0 amide bonds. The van der Waals surface area contributed by atoms with Gasteiger partial charge < -0.3 is 10.1 Å². The zero-order chi connectivity index (χ0) is 19.5. The number of carbonyl (C=O) groups is 1. The Morgan fingerprint density at radius 1 is 1.19 bits per heavy atom. The summed E-state index contributed by atoms with van der Waals surface area (Å²) in [7, 11) is 0. The zero-order valence-electron chi connectivity index (χ0n) is 14.3. The molecule has 0 aliphatic carbocycles. The molecule has 0 unspecified atom stereocenters. The van der Waals surface area contributed by atoms with Crippen LogP contribution in [0.3, 0.4) is 0 Å². The molecule has 27 heavy (non-hydrogen) atoms. The summed E-state index contributed by atoms with van der Waals surface area (Å²) in [6, 6.07) is 4.27. The summed E-state index contributed by atoms with van der Waals surface area (Å²) < 4.78 is 41.7. The first-order chi connectivity index (χ1) is 12.8. The number of hydrogen-bond acceptors (Lipinski definition) is 3. The van der Waals surface area contributed by atoms with Crippen LogP contribution in [-0.4, -0.2) is 21.0 Å². The third-order valence-corrected chi connectivity index (χ3v) is 5.59. The average molecular weight is 390 g/mol. The van der Waals surface area contributed by atoms with Gasteiger partial charge in [-0.15, -0.1) is 11.3 Å². The SMILES string of the molecule is Cc1ccc(C)c2c(-c3nc4c(F)c(F)cc(F)c4s3)c(CC(=O)O)[nH]c12. The van der Waals surface area contributed by atoms with E-state index in [9.17, 15) is 23.1 Å². The number of H-pyrrole nitrogens is 1. The van der Waals surface area contributed by atoms with E-state index in [1.807, 2.05) is 26.0 Å². The summed E-state index contributed by atoms with van der Waals surface area (Å²) in [4.78, 5) is 18.5. The van der Waals surface area contributed by atoms with Crippen molar-refractivity contribution in [3.63, 3.8) is 0 Å². The molecule has 0 radical (unpaired) electrons. The molecular formula is C19H13F3N2O2S. The van der Waals surface area contributed by atoms with Crippen LogP contribution < -0.4 is 0 Å². The number of aromatic nitrogens is 2. The fourth-order valence-electron chi connectivity index (χ4n) is 3.27. The second kappa shape index (κ2) is 6.09. The molecule has 4 aromatic rings. The van der Waals surface area contributed by atoms with E-state index in [1.54, 1.807) is 0 Å². The number of thiazole rings is 1. The third-order valence-electron chi connectivity index (χ3n) is 4.51. The number of nitrogens with zero attached hydrogens (tertiary/aromatic N) is 1. The van der Waals surface area contributed by atoms with E-state index >= 15 is 0 Å². The molecule has 0 aliphatic heterocycles. The van der Waals surface area contributed by atoms with Crippen LogP contribution in [0.1, 0.15) is 16.8 Å². The Bertz CT molecular complexity index is 1240. The van der Waals surface area contributed by atoms with Gasteiger partial charge in [0.2, 0.25) is 0 Å². The van der Waals surface area contributed by atoms with Crippen LogP contribution in [0.4, 0.5) is 13.2 Å². The Balaban J connectivity index is 2.10. The standard InChI is InChI=1S/C19H13F3N2O2S/c1-7-3-4-8(2)16-13(7)14(11(23-16)6-12(25)26)19-24-17-15(22)9(20)5-10(21)18(17)27-19/h3-5,23H,6H2,1-2H3,(H,25,26). The molecule has 8 heteroatoms. The van der Waals surface area contributed by atoms with E-state index in [2.05, 4.69) is 9.97 Å². The number of nitrogens with one attached hydrogen (secondary N) is 1. The van der Waals surface area contributed by atoms with Gasteiger partial charge in [-0.1, -0.05) is 12.1 Å². The number of fused-ring (bicyclic) bond motifs is 2. The number of rotatable bonds is 3. The van der Waals surface area contributed by atoms with Crippen molar-refractivity contribution in [1.82, 2.24) is 9.97 Å². The molecule has 0 aliphatic rings. The smallest absolute Gasteiger partial charge is 0.309 e. The molecule has 4 nitrogen and oxygen atoms in total. The minimum Gasteiger partial charge on any atom is -0.481 e. The number of aliphatic carboxylic acids is 1. The Hall–Kier alpha value is -2.87. The van der Waals surface area contributed by atoms with Gasteiger partial charge in [0.15, 0.2) is 11.6 Å². The summed E-state index contributed by atoms with van der Waals surface area (Å²) in [5.41, 5.74) is 2.98. The lowest BCUT2D eigenvalue weighted by Crippen LogP contribution is -2.01. The van der Waals surface area contributed by atoms with Crippen molar-refractivity contribution in [2.24, 2.45) is 0 Å². The van der Waals surface area contributed by atoms with Crippen molar-refractivity contribution in [3.8, 4) is 10.6 Å². The molecule has 0 saturated carbocycles. The lowest BCUT2D eigenvalue weighted by Gasteiger charge is -2.03. The molecular weight excluding hydrogens is 377 g/mol. The summed E-state index contributed by atoms with van der Waals surface area (Å²) in [5, 5.41) is 10.2. The van der Waals surface area contributed by atoms with E-state index in [1.165, 1.54) is 0 Å². The number of carboxylic acid groups (broad SMARTS) is 1. The highest BCUT2D eigenvalue weighted by Gasteiger charge is 2.24. The highest BCUT2D eigenvalue weighted by molar-refractivity contribution is 7.21. The molecule has 2 aromatic heterocycles. The summed E-state index contributed by atoms with van der Waals surface area (Å²) in [6.45, 7) is 3.73. The van der Waals surface area contributed by atoms with Gasteiger partial charge in [-0.2, -0.15) is 0 Å². The predicted molar refractivity (Wildman–Crippen MR) is 97.6 cm³/mol. The van der Waals surface area contributed by atoms with Gasteiger partial charge >= 0.3 is 5.97 Å². The second-order valence-corrected chi connectivity index (χ2v) is 7.35. The number of hydrogen-bond donors (Lipinski definition) is 2. The number of benzene rings is 2. The van der Waals surface area contributed by atoms with Crippen molar-refractivity contribution < 1.29 is 23.1 Å². The molecule has 0 atom stereocenters. The average Bonchev–Trinajstić information content (AvgIpc) is 3.18. The molecule has 0 bridgehead atoms. The molecule has 2 aromatic carbocycles. The van der Waals surface area contributed by atoms with Crippen molar-refractivity contribution >= 4 is 38.4 Å². The maximum Gasteiger partial charge on any atom is 0.309 e. The zero-order valence-corrected chi connectivity index (χ0v) is 15.1. The van der Waals surface area contributed by atoms with Crippen LogP contribution in [-0.2, 0) is 11.2 Å². The first kappa shape index (κ1) is 17.5. The van der Waals surface area contributed by atoms with Gasteiger partial charge in [-0.05, 0) is 25.0 Å². The molecule has 0 spiro atoms. The van der Waals surface area contributed by atoms with Crippen molar-refractivity contribution in [3.05, 3.63) is 52.5 Å². The topological polar surface area (TPSA) is 66.0 Å². The van der Waals surface area contributed by atoms with E-state index in [-0.39, 0.29) is 16.1 Å². The van der Waals surface area contributed by atoms with E-state index in [0.29, 0.717) is 17.3 Å². The Labute approximate surface area is 155 Å². The summed E-state index contributed by atoms with van der Waals surface area (Å²) >= 11 is 0.869. The molecule has 2 N–H and O–H groups in total. The Kier molecular flexibility index (Phi) is 3.96. The van der Waals surface area contributed by atoms with Gasteiger partial charge in [-0.3, -0.25) is 4.79 Å². The molecule has 138 valence electrons. The van der Waals surface area contributed by atoms with Crippen LogP contribution in [0, 0.1) is 31.3 Å². The van der Waals surface area contributed by atoms with Gasteiger partial charge in [0.1, 0.15) is 16.3 Å². The Morgan fingerprint density at radius 2 is 1.89 bits per heavy atom. The second-order valence-electron chi connectivity index (χ2n) is 6.35. The number of carboxylic acids is 1. The van der Waals surface area contributed by atoms with Crippen LogP contribution >= 0.6 is 11.3 Å². The van der Waals surface area contributed by atoms with Crippen LogP contribution in [0.15, 0.2) is 18.2 Å². The van der Waals surface area contributed by atoms with E-state index < -0.39 is 28.9 Å². The summed E-state index contributed by atoms with van der Waals surface area (Å²) in [6.07, 6.45) is -0.307. The minimum atomic E-state index is -1.31. The first-order valence-electron chi connectivity index (χ1n) is 8.05. The van der Waals surface area contributed by atoms with Crippen LogP contribution in [0.5, 0.6) is 0 Å². The maximum absolute atomic E-state index is 14.1. The third kappa shape index (κ3) is 2.68. The molecule has 0 saturated heterocycles. The van der Waals surface area contributed by atoms with E-state index in [0.717, 1.165) is 33.4 Å². The van der Waals surface area contributed by atoms with Crippen molar-refractivity contribution in [2.75, 3.05) is 0 Å². The number of halogens is 3. The molecule has 2 heterocycles. The van der Waals surface area contributed by atoms with E-state index in [4.69, 9.17) is 0 Å². The van der Waals surface area contributed by atoms with Gasteiger partial charge in [0.05, 0.1) is 11.1 Å². The lowest BCUT2D eigenvalue weighted by atomic mass is 10.0. The molecule has 0 fully saturated rings. The van der Waals surface area contributed by atoms with Crippen LogP contribution in [0.2, 0.25) is 0 Å². The number of aromatic amines is 1. The van der Waals surface area contributed by atoms with Crippen LogP contribution in [0.25, 0.3) is 31.7 Å². The normalized spacial score (nSPS) is 11.6. The highest BCUT2D eigenvalue weighted by atomic mass is 32.1. The highest BCUT2D eigenvalue weighted by Crippen LogP contribution is 2.41.